The average molecular weight is 328 g/mol. The fourth-order valence-electron chi connectivity index (χ4n) is 4.48. The topological polar surface area (TPSA) is 58.1 Å². The van der Waals surface area contributed by atoms with Gasteiger partial charge in [0.2, 0.25) is 5.91 Å². The Labute approximate surface area is 144 Å². The van der Waals surface area contributed by atoms with Crippen molar-refractivity contribution in [2.75, 3.05) is 18.0 Å². The number of rotatable bonds is 3. The lowest BCUT2D eigenvalue weighted by Gasteiger charge is -2.33. The van der Waals surface area contributed by atoms with Crippen LogP contribution in [-0.4, -0.2) is 29.0 Å². The molecule has 24 heavy (non-hydrogen) atoms. The van der Waals surface area contributed by atoms with Crippen LogP contribution in [0.1, 0.15) is 74.5 Å². The zero-order valence-electron chi connectivity index (χ0n) is 14.7. The van der Waals surface area contributed by atoms with E-state index < -0.39 is 0 Å². The van der Waals surface area contributed by atoms with Crippen molar-refractivity contribution in [2.24, 2.45) is 5.92 Å². The molecule has 1 amide bonds. The quantitative estimate of drug-likeness (QED) is 0.926. The Morgan fingerprint density at radius 3 is 2.67 bits per heavy atom. The summed E-state index contributed by atoms with van der Waals surface area (Å²) in [7, 11) is 0. The van der Waals surface area contributed by atoms with Crippen LogP contribution in [0.5, 0.6) is 0 Å². The number of aromatic nitrogens is 2. The molecule has 1 saturated carbocycles. The predicted octanol–water partition coefficient (Wildman–Crippen LogP) is 3.07. The number of nitrogens with one attached hydrogen (secondary N) is 1. The minimum atomic E-state index is 0.247. The zero-order valence-corrected chi connectivity index (χ0v) is 14.7. The molecule has 1 aliphatic carbocycles. The Bertz CT molecular complexity index is 618. The number of nitrogens with zero attached hydrogens (tertiary/aromatic N) is 3. The van der Waals surface area contributed by atoms with Gasteiger partial charge in [-0.05, 0) is 51.5 Å². The van der Waals surface area contributed by atoms with Gasteiger partial charge >= 0.3 is 0 Å². The Hall–Kier alpha value is -1.49. The van der Waals surface area contributed by atoms with Crippen LogP contribution in [0.15, 0.2) is 0 Å². The monoisotopic (exact) mass is 328 g/mol. The molecule has 4 rings (SSSR count). The fraction of sp³-hybridized carbons (Fsp3) is 0.737. The normalized spacial score (nSPS) is 25.1. The summed E-state index contributed by atoms with van der Waals surface area (Å²) in [4.78, 5) is 24.3. The van der Waals surface area contributed by atoms with Gasteiger partial charge in [-0.15, -0.1) is 0 Å². The van der Waals surface area contributed by atoms with Crippen molar-refractivity contribution < 1.29 is 4.79 Å². The van der Waals surface area contributed by atoms with Crippen LogP contribution in [0.25, 0.3) is 0 Å². The molecule has 1 N–H and O–H groups in total. The third-order valence-electron chi connectivity index (χ3n) is 5.89. The van der Waals surface area contributed by atoms with Gasteiger partial charge in [-0.2, -0.15) is 0 Å². The summed E-state index contributed by atoms with van der Waals surface area (Å²) < 4.78 is 0. The predicted molar refractivity (Wildman–Crippen MR) is 94.0 cm³/mol. The Morgan fingerprint density at radius 1 is 1.08 bits per heavy atom. The van der Waals surface area contributed by atoms with E-state index in [9.17, 15) is 4.79 Å². The fourth-order valence-corrected chi connectivity index (χ4v) is 4.48. The first-order chi connectivity index (χ1) is 11.7. The highest BCUT2D eigenvalue weighted by atomic mass is 16.2. The second-order valence-corrected chi connectivity index (χ2v) is 7.63. The maximum atomic E-state index is 12.6. The first kappa shape index (κ1) is 16.0. The van der Waals surface area contributed by atoms with Gasteiger partial charge in [0.05, 0.1) is 6.04 Å². The van der Waals surface area contributed by atoms with E-state index in [2.05, 4.69) is 12.2 Å². The van der Waals surface area contributed by atoms with Gasteiger partial charge in [-0.25, -0.2) is 9.97 Å². The number of anilines is 1. The Morgan fingerprint density at radius 2 is 1.92 bits per heavy atom. The first-order valence-electron chi connectivity index (χ1n) is 9.63. The minimum Gasteiger partial charge on any atom is -0.307 e. The lowest BCUT2D eigenvalue weighted by atomic mass is 9.88. The standard InChI is InChI=1S/C19H28N4O/c1-13-15-9-10-17(24)23(12-14-6-3-2-4-7-14)19(15)22-18(21-13)16-8-5-11-20-16/h14,16,20H,2-12H2,1H3. The van der Waals surface area contributed by atoms with Crippen molar-refractivity contribution in [2.45, 2.75) is 70.8 Å². The summed E-state index contributed by atoms with van der Waals surface area (Å²) >= 11 is 0. The van der Waals surface area contributed by atoms with E-state index in [1.54, 1.807) is 0 Å². The van der Waals surface area contributed by atoms with E-state index in [1.807, 2.05) is 4.90 Å². The number of fused-ring (bicyclic) bond motifs is 1. The van der Waals surface area contributed by atoms with Crippen LogP contribution in [-0.2, 0) is 11.2 Å². The highest BCUT2D eigenvalue weighted by Gasteiger charge is 2.31. The lowest BCUT2D eigenvalue weighted by molar-refractivity contribution is -0.119. The summed E-state index contributed by atoms with van der Waals surface area (Å²) in [6.07, 6.45) is 10.1. The SMILES string of the molecule is Cc1nc(C2CCCN2)nc2c1CCC(=O)N2CC1CCCCC1. The molecule has 0 radical (unpaired) electrons. The summed E-state index contributed by atoms with van der Waals surface area (Å²) in [5, 5.41) is 3.49. The van der Waals surface area contributed by atoms with Gasteiger partial charge in [-0.3, -0.25) is 9.69 Å². The minimum absolute atomic E-state index is 0.247. The lowest BCUT2D eigenvalue weighted by Crippen LogP contribution is -2.40. The van der Waals surface area contributed by atoms with Crippen molar-refractivity contribution in [3.8, 4) is 0 Å². The molecule has 1 aromatic heterocycles. The molecule has 3 aliphatic rings. The second kappa shape index (κ2) is 6.79. The van der Waals surface area contributed by atoms with Gasteiger partial charge in [0.15, 0.2) is 0 Å². The van der Waals surface area contributed by atoms with Crippen molar-refractivity contribution in [3.63, 3.8) is 0 Å². The molecule has 1 atom stereocenters. The van der Waals surface area contributed by atoms with Crippen LogP contribution in [0.4, 0.5) is 5.82 Å². The van der Waals surface area contributed by atoms with Crippen LogP contribution >= 0.6 is 0 Å². The zero-order chi connectivity index (χ0) is 16.5. The average Bonchev–Trinajstić information content (AvgIpc) is 3.13. The molecular formula is C19H28N4O. The second-order valence-electron chi connectivity index (χ2n) is 7.63. The third kappa shape index (κ3) is 3.06. The molecule has 1 aromatic rings. The van der Waals surface area contributed by atoms with Crippen LogP contribution in [0.3, 0.4) is 0 Å². The third-order valence-corrected chi connectivity index (χ3v) is 5.89. The Balaban J connectivity index is 1.64. The largest absolute Gasteiger partial charge is 0.307 e. The van der Waals surface area contributed by atoms with E-state index in [4.69, 9.17) is 9.97 Å². The number of amides is 1. The molecular weight excluding hydrogens is 300 g/mol. The van der Waals surface area contributed by atoms with Crippen molar-refractivity contribution in [1.82, 2.24) is 15.3 Å². The van der Waals surface area contributed by atoms with Gasteiger partial charge in [0.25, 0.3) is 0 Å². The maximum Gasteiger partial charge on any atom is 0.228 e. The smallest absolute Gasteiger partial charge is 0.228 e. The van der Waals surface area contributed by atoms with Gasteiger partial charge in [0, 0.05) is 24.2 Å². The van der Waals surface area contributed by atoms with Crippen molar-refractivity contribution >= 4 is 11.7 Å². The molecule has 0 spiro atoms. The van der Waals surface area contributed by atoms with E-state index in [0.717, 1.165) is 43.3 Å². The number of carbonyl (C=O) groups is 1. The van der Waals surface area contributed by atoms with Crippen LogP contribution in [0, 0.1) is 12.8 Å². The van der Waals surface area contributed by atoms with E-state index in [0.29, 0.717) is 12.3 Å². The van der Waals surface area contributed by atoms with Crippen LogP contribution in [0.2, 0.25) is 0 Å². The van der Waals surface area contributed by atoms with E-state index in [-0.39, 0.29) is 11.9 Å². The van der Waals surface area contributed by atoms with Crippen molar-refractivity contribution in [3.05, 3.63) is 17.1 Å². The molecule has 0 bridgehead atoms. The first-order valence-corrected chi connectivity index (χ1v) is 9.63. The number of hydrogen-bond donors (Lipinski definition) is 1. The molecule has 5 heteroatoms. The molecule has 3 heterocycles. The van der Waals surface area contributed by atoms with Gasteiger partial charge in [-0.1, -0.05) is 19.3 Å². The van der Waals surface area contributed by atoms with E-state index in [1.165, 1.54) is 44.1 Å². The molecule has 0 aromatic carbocycles. The van der Waals surface area contributed by atoms with E-state index >= 15 is 0 Å². The molecule has 2 fully saturated rings. The summed E-state index contributed by atoms with van der Waals surface area (Å²) in [5.74, 6) is 2.67. The molecule has 130 valence electrons. The highest BCUT2D eigenvalue weighted by Crippen LogP contribution is 2.33. The maximum absolute atomic E-state index is 12.6. The van der Waals surface area contributed by atoms with Gasteiger partial charge in [0.1, 0.15) is 11.6 Å². The number of aryl methyl sites for hydroxylation is 1. The highest BCUT2D eigenvalue weighted by molar-refractivity contribution is 5.95. The summed E-state index contributed by atoms with van der Waals surface area (Å²) in [6, 6.07) is 0.252. The molecule has 5 nitrogen and oxygen atoms in total. The number of carbonyl (C=O) groups excluding carboxylic acids is 1. The molecule has 2 aliphatic heterocycles. The van der Waals surface area contributed by atoms with Crippen LogP contribution < -0.4 is 10.2 Å². The summed E-state index contributed by atoms with van der Waals surface area (Å²) in [6.45, 7) is 3.96. The van der Waals surface area contributed by atoms with Crippen molar-refractivity contribution in [1.29, 1.82) is 0 Å². The summed E-state index contributed by atoms with van der Waals surface area (Å²) in [5.41, 5.74) is 2.25. The van der Waals surface area contributed by atoms with Gasteiger partial charge < -0.3 is 5.32 Å². The Kier molecular flexibility index (Phi) is 4.53. The number of hydrogen-bond acceptors (Lipinski definition) is 4. The molecule has 1 unspecified atom stereocenters. The molecule has 1 saturated heterocycles.